The van der Waals surface area contributed by atoms with Crippen molar-refractivity contribution in [1.29, 1.82) is 0 Å². The van der Waals surface area contributed by atoms with Gasteiger partial charge >= 0.3 is 0 Å². The zero-order chi connectivity index (χ0) is 10.8. The number of aliphatic hydroxyl groups excluding tert-OH is 1. The van der Waals surface area contributed by atoms with Crippen LogP contribution in [0.15, 0.2) is 18.2 Å². The number of halogens is 2. The highest BCUT2D eigenvalue weighted by molar-refractivity contribution is 6.43. The van der Waals surface area contributed by atoms with E-state index < -0.39 is 0 Å². The highest BCUT2D eigenvalue weighted by Crippen LogP contribution is 2.32. The molecule has 15 heavy (non-hydrogen) atoms. The van der Waals surface area contributed by atoms with E-state index in [0.29, 0.717) is 10.0 Å². The zero-order valence-electron chi connectivity index (χ0n) is 8.21. The standard InChI is InChI=1S/C11H13Cl2NO/c12-7-3-1-5-9(11(7)13)14-8-4-2-6-10(8)15/h1,3,5,8,10,14-15H,2,4,6H2/t8-,10-/m1/s1. The molecule has 1 aliphatic rings. The lowest BCUT2D eigenvalue weighted by atomic mass is 10.2. The van der Waals surface area contributed by atoms with Crippen molar-refractivity contribution in [3.63, 3.8) is 0 Å². The van der Waals surface area contributed by atoms with Crippen LogP contribution in [-0.4, -0.2) is 17.3 Å². The molecule has 2 nitrogen and oxygen atoms in total. The number of hydrogen-bond acceptors (Lipinski definition) is 2. The molecule has 1 fully saturated rings. The van der Waals surface area contributed by atoms with E-state index in [1.165, 1.54) is 0 Å². The van der Waals surface area contributed by atoms with Gasteiger partial charge in [0.05, 0.1) is 27.9 Å². The number of nitrogens with one attached hydrogen (secondary N) is 1. The second-order valence-electron chi connectivity index (χ2n) is 3.85. The molecule has 2 atom stereocenters. The van der Waals surface area contributed by atoms with E-state index in [2.05, 4.69) is 5.32 Å². The molecular weight excluding hydrogens is 233 g/mol. The first kappa shape index (κ1) is 11.1. The summed E-state index contributed by atoms with van der Waals surface area (Å²) < 4.78 is 0. The molecule has 0 bridgehead atoms. The molecule has 1 saturated carbocycles. The average molecular weight is 246 g/mol. The van der Waals surface area contributed by atoms with Crippen molar-refractivity contribution in [3.8, 4) is 0 Å². The van der Waals surface area contributed by atoms with Gasteiger partial charge in [0.15, 0.2) is 0 Å². The maximum absolute atomic E-state index is 9.67. The van der Waals surface area contributed by atoms with Crippen LogP contribution in [0, 0.1) is 0 Å². The Hall–Kier alpha value is -0.440. The predicted octanol–water partition coefficient (Wildman–Crippen LogP) is 3.32. The van der Waals surface area contributed by atoms with Gasteiger partial charge in [-0.2, -0.15) is 0 Å². The van der Waals surface area contributed by atoms with E-state index in [-0.39, 0.29) is 12.1 Å². The first-order valence-electron chi connectivity index (χ1n) is 5.07. The van der Waals surface area contributed by atoms with Gasteiger partial charge in [0, 0.05) is 0 Å². The second-order valence-corrected chi connectivity index (χ2v) is 4.64. The Morgan fingerprint density at radius 2 is 2.07 bits per heavy atom. The van der Waals surface area contributed by atoms with E-state index in [1.54, 1.807) is 6.07 Å². The molecule has 4 heteroatoms. The third-order valence-electron chi connectivity index (χ3n) is 2.77. The van der Waals surface area contributed by atoms with Crippen molar-refractivity contribution in [3.05, 3.63) is 28.2 Å². The zero-order valence-corrected chi connectivity index (χ0v) is 9.72. The van der Waals surface area contributed by atoms with Crippen LogP contribution >= 0.6 is 23.2 Å². The molecule has 0 radical (unpaired) electrons. The normalized spacial score (nSPS) is 25.5. The fourth-order valence-corrected chi connectivity index (χ4v) is 2.28. The molecule has 82 valence electrons. The summed E-state index contributed by atoms with van der Waals surface area (Å²) in [5.41, 5.74) is 0.801. The van der Waals surface area contributed by atoms with Crippen LogP contribution in [0.5, 0.6) is 0 Å². The molecule has 0 unspecified atom stereocenters. The minimum absolute atomic E-state index is 0.0981. The first-order chi connectivity index (χ1) is 7.18. The molecule has 2 N–H and O–H groups in total. The van der Waals surface area contributed by atoms with Crippen molar-refractivity contribution < 1.29 is 5.11 Å². The van der Waals surface area contributed by atoms with Crippen LogP contribution in [0.3, 0.4) is 0 Å². The number of rotatable bonds is 2. The first-order valence-corrected chi connectivity index (χ1v) is 5.82. The lowest BCUT2D eigenvalue weighted by Gasteiger charge is -2.18. The van der Waals surface area contributed by atoms with Crippen molar-refractivity contribution >= 4 is 28.9 Å². The molecule has 0 spiro atoms. The Morgan fingerprint density at radius 3 is 2.73 bits per heavy atom. The number of hydrogen-bond donors (Lipinski definition) is 2. The number of aliphatic hydroxyl groups is 1. The summed E-state index contributed by atoms with van der Waals surface area (Å²) in [5.74, 6) is 0. The Morgan fingerprint density at radius 1 is 1.27 bits per heavy atom. The Labute approximate surface area is 99.2 Å². The molecular formula is C11H13Cl2NO. The Bertz CT molecular complexity index is 356. The van der Waals surface area contributed by atoms with Crippen molar-refractivity contribution in [2.45, 2.75) is 31.4 Å². The van der Waals surface area contributed by atoms with Crippen LogP contribution in [0.1, 0.15) is 19.3 Å². The van der Waals surface area contributed by atoms with Crippen molar-refractivity contribution in [2.75, 3.05) is 5.32 Å². The maximum Gasteiger partial charge on any atom is 0.0823 e. The Kier molecular flexibility index (Phi) is 3.39. The highest BCUT2D eigenvalue weighted by Gasteiger charge is 2.25. The molecule has 1 aliphatic carbocycles. The number of benzene rings is 1. The molecule has 0 aliphatic heterocycles. The third kappa shape index (κ3) is 2.39. The van der Waals surface area contributed by atoms with Gasteiger partial charge in [0.1, 0.15) is 0 Å². The average Bonchev–Trinajstić information content (AvgIpc) is 2.60. The van der Waals surface area contributed by atoms with Crippen LogP contribution in [0.25, 0.3) is 0 Å². The van der Waals surface area contributed by atoms with Gasteiger partial charge in [0.25, 0.3) is 0 Å². The lowest BCUT2D eigenvalue weighted by Crippen LogP contribution is -2.27. The van der Waals surface area contributed by atoms with Crippen molar-refractivity contribution in [1.82, 2.24) is 0 Å². The third-order valence-corrected chi connectivity index (χ3v) is 3.59. The quantitative estimate of drug-likeness (QED) is 0.838. The fourth-order valence-electron chi connectivity index (χ4n) is 1.92. The van der Waals surface area contributed by atoms with Gasteiger partial charge in [-0.3, -0.25) is 0 Å². The van der Waals surface area contributed by atoms with E-state index in [9.17, 15) is 5.11 Å². The van der Waals surface area contributed by atoms with Gasteiger partial charge in [0.2, 0.25) is 0 Å². The summed E-state index contributed by atoms with van der Waals surface area (Å²) in [4.78, 5) is 0. The van der Waals surface area contributed by atoms with Gasteiger partial charge in [-0.1, -0.05) is 29.3 Å². The molecule has 0 heterocycles. The molecule has 0 amide bonds. The van der Waals surface area contributed by atoms with Gasteiger partial charge in [-0.15, -0.1) is 0 Å². The SMILES string of the molecule is O[C@@H]1CCC[C@H]1Nc1cccc(Cl)c1Cl. The molecule has 1 aromatic carbocycles. The predicted molar refractivity (Wildman–Crippen MR) is 63.7 cm³/mol. The van der Waals surface area contributed by atoms with Crippen LogP contribution in [0.4, 0.5) is 5.69 Å². The molecule has 1 aromatic rings. The Balaban J connectivity index is 2.13. The van der Waals surface area contributed by atoms with E-state index >= 15 is 0 Å². The van der Waals surface area contributed by atoms with E-state index in [1.807, 2.05) is 12.1 Å². The van der Waals surface area contributed by atoms with Crippen LogP contribution < -0.4 is 5.32 Å². The number of anilines is 1. The topological polar surface area (TPSA) is 32.3 Å². The summed E-state index contributed by atoms with van der Waals surface area (Å²) in [6, 6.07) is 5.57. The van der Waals surface area contributed by atoms with Crippen LogP contribution in [-0.2, 0) is 0 Å². The van der Waals surface area contributed by atoms with Gasteiger partial charge in [-0.05, 0) is 31.4 Å². The summed E-state index contributed by atoms with van der Waals surface area (Å²) >= 11 is 11.9. The summed E-state index contributed by atoms with van der Waals surface area (Å²) in [7, 11) is 0. The monoisotopic (exact) mass is 245 g/mol. The highest BCUT2D eigenvalue weighted by atomic mass is 35.5. The fraction of sp³-hybridized carbons (Fsp3) is 0.455. The molecule has 2 rings (SSSR count). The lowest BCUT2D eigenvalue weighted by molar-refractivity contribution is 0.172. The summed E-state index contributed by atoms with van der Waals surface area (Å²) in [5, 5.41) is 14.0. The van der Waals surface area contributed by atoms with Gasteiger partial charge < -0.3 is 10.4 Å². The minimum atomic E-state index is -0.278. The maximum atomic E-state index is 9.67. The van der Waals surface area contributed by atoms with Crippen molar-refractivity contribution in [2.24, 2.45) is 0 Å². The summed E-state index contributed by atoms with van der Waals surface area (Å²) in [6.07, 6.45) is 2.61. The largest absolute Gasteiger partial charge is 0.391 e. The summed E-state index contributed by atoms with van der Waals surface area (Å²) in [6.45, 7) is 0. The second kappa shape index (κ2) is 4.60. The van der Waals surface area contributed by atoms with Gasteiger partial charge in [-0.25, -0.2) is 0 Å². The minimum Gasteiger partial charge on any atom is -0.391 e. The smallest absolute Gasteiger partial charge is 0.0823 e. The molecule has 0 saturated heterocycles. The van der Waals surface area contributed by atoms with E-state index in [0.717, 1.165) is 24.9 Å². The molecule has 0 aromatic heterocycles. The van der Waals surface area contributed by atoms with E-state index in [4.69, 9.17) is 23.2 Å². The van der Waals surface area contributed by atoms with Crippen LogP contribution in [0.2, 0.25) is 10.0 Å².